The maximum absolute atomic E-state index is 13.1. The number of nitrogens with one attached hydrogen (secondary N) is 1. The quantitative estimate of drug-likeness (QED) is 0.603. The molecule has 162 valence electrons. The average molecular weight is 475 g/mol. The molecule has 1 N–H and O–H groups in total. The van der Waals surface area contributed by atoms with Gasteiger partial charge in [-0.1, -0.05) is 67.0 Å². The molecule has 5 nitrogen and oxygen atoms in total. The van der Waals surface area contributed by atoms with Crippen LogP contribution in [0.1, 0.15) is 45.7 Å². The molecule has 0 aliphatic rings. The topological polar surface area (TPSA) is 58.6 Å². The monoisotopic (exact) mass is 474 g/mol. The first-order valence-corrected chi connectivity index (χ1v) is 11.0. The summed E-state index contributed by atoms with van der Waals surface area (Å²) in [6.07, 6.45) is 0. The van der Waals surface area contributed by atoms with Gasteiger partial charge in [0.25, 0.3) is 5.91 Å². The Balaban J connectivity index is 2.21. The van der Waals surface area contributed by atoms with Gasteiger partial charge in [0.15, 0.2) is 6.61 Å². The Kier molecular flexibility index (Phi) is 8.47. The van der Waals surface area contributed by atoms with Crippen LogP contribution in [-0.4, -0.2) is 35.9 Å². The number of likely N-dealkylation sites (N-methyl/N-ethyl adjacent to an activating group) is 1. The lowest BCUT2D eigenvalue weighted by atomic mass is 9.86. The molecule has 0 aliphatic carbocycles. The third kappa shape index (κ3) is 6.59. The van der Waals surface area contributed by atoms with Crippen molar-refractivity contribution in [2.45, 2.75) is 52.6 Å². The van der Waals surface area contributed by atoms with E-state index >= 15 is 0 Å². The molecular weight excluding hydrogens is 444 g/mol. The lowest BCUT2D eigenvalue weighted by molar-refractivity contribution is -0.142. The first-order valence-electron chi connectivity index (χ1n) is 10.2. The minimum atomic E-state index is -0.613. The molecule has 0 bridgehead atoms. The van der Waals surface area contributed by atoms with E-state index in [0.717, 1.165) is 15.6 Å². The zero-order valence-corrected chi connectivity index (χ0v) is 20.0. The van der Waals surface area contributed by atoms with Crippen LogP contribution >= 0.6 is 15.9 Å². The molecule has 2 amide bonds. The van der Waals surface area contributed by atoms with Crippen molar-refractivity contribution in [3.05, 3.63) is 64.1 Å². The lowest BCUT2D eigenvalue weighted by Crippen LogP contribution is -2.49. The van der Waals surface area contributed by atoms with Crippen molar-refractivity contribution < 1.29 is 14.3 Å². The van der Waals surface area contributed by atoms with Gasteiger partial charge in [0.2, 0.25) is 5.91 Å². The molecule has 2 rings (SSSR count). The molecule has 0 radical (unpaired) electrons. The number of amides is 2. The maximum atomic E-state index is 13.1. The number of para-hydroxylation sites is 1. The summed E-state index contributed by atoms with van der Waals surface area (Å²) < 4.78 is 6.85. The number of carbonyl (C=O) groups is 2. The first-order chi connectivity index (χ1) is 14.1. The van der Waals surface area contributed by atoms with Crippen LogP contribution in [0.5, 0.6) is 5.75 Å². The zero-order chi connectivity index (χ0) is 22.3. The SMILES string of the molecule is CCNC(=O)C(C)N(Cc1cccc(Br)c1)C(=O)COc1ccccc1C(C)(C)C. The molecule has 0 spiro atoms. The summed E-state index contributed by atoms with van der Waals surface area (Å²) in [6, 6.07) is 14.8. The van der Waals surface area contributed by atoms with E-state index in [0.29, 0.717) is 18.8 Å². The van der Waals surface area contributed by atoms with E-state index in [-0.39, 0.29) is 23.8 Å². The van der Waals surface area contributed by atoms with Crippen LogP contribution < -0.4 is 10.1 Å². The van der Waals surface area contributed by atoms with Crippen LogP contribution in [0.4, 0.5) is 0 Å². The molecule has 0 aliphatic heterocycles. The highest BCUT2D eigenvalue weighted by atomic mass is 79.9. The fraction of sp³-hybridized carbons (Fsp3) is 0.417. The van der Waals surface area contributed by atoms with Crippen LogP contribution in [0, 0.1) is 0 Å². The highest BCUT2D eigenvalue weighted by molar-refractivity contribution is 9.10. The summed E-state index contributed by atoms with van der Waals surface area (Å²) in [4.78, 5) is 27.1. The predicted octanol–water partition coefficient (Wildman–Crippen LogP) is 4.68. The third-order valence-electron chi connectivity index (χ3n) is 4.81. The van der Waals surface area contributed by atoms with Crippen LogP contribution in [-0.2, 0) is 21.5 Å². The second kappa shape index (κ2) is 10.6. The Morgan fingerprint density at radius 1 is 1.13 bits per heavy atom. The Labute approximate surface area is 187 Å². The summed E-state index contributed by atoms with van der Waals surface area (Å²) in [5, 5.41) is 2.80. The van der Waals surface area contributed by atoms with Gasteiger partial charge < -0.3 is 15.0 Å². The van der Waals surface area contributed by atoms with Crippen molar-refractivity contribution in [3.63, 3.8) is 0 Å². The number of benzene rings is 2. The van der Waals surface area contributed by atoms with Gasteiger partial charge in [-0.3, -0.25) is 9.59 Å². The van der Waals surface area contributed by atoms with E-state index in [2.05, 4.69) is 42.0 Å². The molecule has 0 fully saturated rings. The number of hydrogen-bond acceptors (Lipinski definition) is 3. The average Bonchev–Trinajstić information content (AvgIpc) is 2.69. The van der Waals surface area contributed by atoms with Crippen molar-refractivity contribution in [1.82, 2.24) is 10.2 Å². The van der Waals surface area contributed by atoms with Gasteiger partial charge in [0.1, 0.15) is 11.8 Å². The minimum absolute atomic E-state index is 0.107. The van der Waals surface area contributed by atoms with E-state index in [1.807, 2.05) is 55.5 Å². The maximum Gasteiger partial charge on any atom is 0.261 e. The first kappa shape index (κ1) is 23.9. The van der Waals surface area contributed by atoms with Gasteiger partial charge in [-0.05, 0) is 48.6 Å². The molecule has 0 saturated heterocycles. The molecule has 0 heterocycles. The Morgan fingerprint density at radius 2 is 1.83 bits per heavy atom. The van der Waals surface area contributed by atoms with Crippen molar-refractivity contribution in [3.8, 4) is 5.75 Å². The smallest absolute Gasteiger partial charge is 0.261 e. The molecule has 2 aromatic carbocycles. The van der Waals surface area contributed by atoms with Crippen molar-refractivity contribution in [1.29, 1.82) is 0 Å². The summed E-state index contributed by atoms with van der Waals surface area (Å²) in [5.41, 5.74) is 1.86. The van der Waals surface area contributed by atoms with E-state index in [4.69, 9.17) is 4.74 Å². The Hall–Kier alpha value is -2.34. The van der Waals surface area contributed by atoms with Crippen molar-refractivity contribution in [2.24, 2.45) is 0 Å². The summed E-state index contributed by atoms with van der Waals surface area (Å²) in [7, 11) is 0. The molecule has 30 heavy (non-hydrogen) atoms. The second-order valence-corrected chi connectivity index (χ2v) is 9.17. The number of carbonyl (C=O) groups excluding carboxylic acids is 2. The van der Waals surface area contributed by atoms with Gasteiger partial charge in [-0.25, -0.2) is 0 Å². The van der Waals surface area contributed by atoms with Crippen LogP contribution in [0.15, 0.2) is 53.0 Å². The van der Waals surface area contributed by atoms with Gasteiger partial charge in [0, 0.05) is 17.6 Å². The summed E-state index contributed by atoms with van der Waals surface area (Å²) >= 11 is 3.46. The molecule has 1 atom stereocenters. The fourth-order valence-corrected chi connectivity index (χ4v) is 3.62. The van der Waals surface area contributed by atoms with E-state index < -0.39 is 6.04 Å². The van der Waals surface area contributed by atoms with Gasteiger partial charge in [-0.15, -0.1) is 0 Å². The number of ether oxygens (including phenoxy) is 1. The van der Waals surface area contributed by atoms with E-state index in [1.54, 1.807) is 11.8 Å². The second-order valence-electron chi connectivity index (χ2n) is 8.26. The van der Waals surface area contributed by atoms with Crippen LogP contribution in [0.25, 0.3) is 0 Å². The highest BCUT2D eigenvalue weighted by Crippen LogP contribution is 2.31. The molecule has 2 aromatic rings. The Morgan fingerprint density at radius 3 is 2.47 bits per heavy atom. The molecule has 6 heteroatoms. The molecule has 1 unspecified atom stereocenters. The predicted molar refractivity (Wildman–Crippen MR) is 123 cm³/mol. The van der Waals surface area contributed by atoms with Crippen molar-refractivity contribution in [2.75, 3.05) is 13.2 Å². The van der Waals surface area contributed by atoms with Gasteiger partial charge in [-0.2, -0.15) is 0 Å². The molecular formula is C24H31BrN2O3. The fourth-order valence-electron chi connectivity index (χ4n) is 3.17. The largest absolute Gasteiger partial charge is 0.483 e. The van der Waals surface area contributed by atoms with Crippen molar-refractivity contribution >= 4 is 27.7 Å². The number of rotatable bonds is 8. The highest BCUT2D eigenvalue weighted by Gasteiger charge is 2.27. The normalized spacial score (nSPS) is 12.2. The number of hydrogen-bond donors (Lipinski definition) is 1. The summed E-state index contributed by atoms with van der Waals surface area (Å²) in [6.45, 7) is 10.6. The van der Waals surface area contributed by atoms with Crippen LogP contribution in [0.2, 0.25) is 0 Å². The number of halogens is 1. The number of nitrogens with zero attached hydrogens (tertiary/aromatic N) is 1. The minimum Gasteiger partial charge on any atom is -0.483 e. The third-order valence-corrected chi connectivity index (χ3v) is 5.30. The van der Waals surface area contributed by atoms with E-state index in [1.165, 1.54) is 0 Å². The standard InChI is InChI=1S/C24H31BrN2O3/c1-6-26-23(29)17(2)27(15-18-10-9-11-19(25)14-18)22(28)16-30-21-13-8-7-12-20(21)24(3,4)5/h7-14,17H,6,15-16H2,1-5H3,(H,26,29). The van der Waals surface area contributed by atoms with Gasteiger partial charge in [0.05, 0.1) is 0 Å². The Bertz CT molecular complexity index is 877. The lowest BCUT2D eigenvalue weighted by Gasteiger charge is -2.29. The molecule has 0 aromatic heterocycles. The van der Waals surface area contributed by atoms with Crippen LogP contribution in [0.3, 0.4) is 0 Å². The van der Waals surface area contributed by atoms with Gasteiger partial charge >= 0.3 is 0 Å². The zero-order valence-electron chi connectivity index (χ0n) is 18.4. The molecule has 0 saturated carbocycles. The van der Waals surface area contributed by atoms with E-state index in [9.17, 15) is 9.59 Å². The summed E-state index contributed by atoms with van der Waals surface area (Å²) in [5.74, 6) is 0.264.